The molecule has 0 radical (unpaired) electrons. The van der Waals surface area contributed by atoms with Crippen LogP contribution >= 0.6 is 11.8 Å². The molecular weight excluding hydrogens is 278 g/mol. The number of carboxylic acid groups (broad SMARTS) is 1. The van der Waals surface area contributed by atoms with Crippen molar-refractivity contribution >= 4 is 23.8 Å². The number of urea groups is 1. The Labute approximate surface area is 124 Å². The molecule has 1 fully saturated rings. The maximum atomic E-state index is 11.7. The van der Waals surface area contributed by atoms with Crippen LogP contribution in [-0.2, 0) is 4.79 Å². The third-order valence-electron chi connectivity index (χ3n) is 3.13. The van der Waals surface area contributed by atoms with Gasteiger partial charge in [0.2, 0.25) is 0 Å². The van der Waals surface area contributed by atoms with Gasteiger partial charge in [-0.3, -0.25) is 4.90 Å². The molecule has 0 spiro atoms. The first-order chi connectivity index (χ1) is 9.49. The van der Waals surface area contributed by atoms with Crippen molar-refractivity contribution in [1.29, 1.82) is 0 Å². The second-order valence-corrected chi connectivity index (χ2v) is 6.60. The van der Waals surface area contributed by atoms with Crippen molar-refractivity contribution in [2.45, 2.75) is 26.3 Å². The van der Waals surface area contributed by atoms with Crippen LogP contribution in [0, 0.1) is 5.92 Å². The fourth-order valence-corrected chi connectivity index (χ4v) is 3.03. The van der Waals surface area contributed by atoms with E-state index in [9.17, 15) is 9.59 Å². The minimum atomic E-state index is -0.984. The van der Waals surface area contributed by atoms with E-state index in [2.05, 4.69) is 15.5 Å². The van der Waals surface area contributed by atoms with Gasteiger partial charge in [-0.25, -0.2) is 9.59 Å². The van der Waals surface area contributed by atoms with Gasteiger partial charge in [0.15, 0.2) is 0 Å². The van der Waals surface area contributed by atoms with E-state index in [1.165, 1.54) is 0 Å². The molecule has 1 aliphatic rings. The van der Waals surface area contributed by atoms with E-state index in [-0.39, 0.29) is 5.92 Å². The number of nitrogens with one attached hydrogen (secondary N) is 2. The molecule has 0 bridgehead atoms. The molecule has 20 heavy (non-hydrogen) atoms. The first kappa shape index (κ1) is 17.1. The molecule has 1 saturated heterocycles. The zero-order chi connectivity index (χ0) is 15.0. The van der Waals surface area contributed by atoms with Crippen molar-refractivity contribution in [3.63, 3.8) is 0 Å². The van der Waals surface area contributed by atoms with E-state index >= 15 is 0 Å². The van der Waals surface area contributed by atoms with Crippen LogP contribution in [0.15, 0.2) is 0 Å². The van der Waals surface area contributed by atoms with Crippen LogP contribution in [0.4, 0.5) is 4.79 Å². The summed E-state index contributed by atoms with van der Waals surface area (Å²) in [4.78, 5) is 25.0. The third kappa shape index (κ3) is 7.00. The van der Waals surface area contributed by atoms with E-state index in [0.29, 0.717) is 13.0 Å². The van der Waals surface area contributed by atoms with Crippen molar-refractivity contribution in [3.05, 3.63) is 0 Å². The Bertz CT molecular complexity index is 320. The first-order valence-corrected chi connectivity index (χ1v) is 8.21. The van der Waals surface area contributed by atoms with Crippen LogP contribution < -0.4 is 10.6 Å². The minimum absolute atomic E-state index is 0.224. The highest BCUT2D eigenvalue weighted by Gasteiger charge is 2.20. The van der Waals surface area contributed by atoms with Gasteiger partial charge in [0.25, 0.3) is 0 Å². The average Bonchev–Trinajstić information content (AvgIpc) is 2.38. The topological polar surface area (TPSA) is 81.7 Å². The summed E-state index contributed by atoms with van der Waals surface area (Å²) in [5, 5.41) is 14.3. The van der Waals surface area contributed by atoms with Gasteiger partial charge in [0, 0.05) is 37.7 Å². The highest BCUT2D eigenvalue weighted by Crippen LogP contribution is 2.08. The Morgan fingerprint density at radius 1 is 1.30 bits per heavy atom. The summed E-state index contributed by atoms with van der Waals surface area (Å²) >= 11 is 1.95. The van der Waals surface area contributed by atoms with E-state index in [0.717, 1.165) is 31.1 Å². The molecule has 0 aromatic heterocycles. The molecule has 116 valence electrons. The summed E-state index contributed by atoms with van der Waals surface area (Å²) in [5.41, 5.74) is 0. The second-order valence-electron chi connectivity index (χ2n) is 5.37. The number of carboxylic acids is 1. The zero-order valence-corrected chi connectivity index (χ0v) is 13.0. The number of thioether (sulfide) groups is 1. The average molecular weight is 303 g/mol. The van der Waals surface area contributed by atoms with Gasteiger partial charge in [-0.05, 0) is 12.3 Å². The van der Waals surface area contributed by atoms with Crippen LogP contribution in [0.25, 0.3) is 0 Å². The maximum Gasteiger partial charge on any atom is 0.326 e. The Morgan fingerprint density at radius 2 is 1.95 bits per heavy atom. The lowest BCUT2D eigenvalue weighted by atomic mass is 10.0. The summed E-state index contributed by atoms with van der Waals surface area (Å²) in [6, 6.07) is -1.22. The molecule has 0 saturated carbocycles. The normalized spacial score (nSPS) is 17.8. The van der Waals surface area contributed by atoms with Crippen molar-refractivity contribution in [2.24, 2.45) is 5.92 Å². The smallest absolute Gasteiger partial charge is 0.326 e. The number of rotatable bonds is 7. The van der Waals surface area contributed by atoms with E-state index in [1.807, 2.05) is 25.6 Å². The fraction of sp³-hybridized carbons (Fsp3) is 0.846. The molecule has 1 aliphatic heterocycles. The predicted octanol–water partition coefficient (Wildman–Crippen LogP) is 0.834. The lowest BCUT2D eigenvalue weighted by molar-refractivity contribution is -0.139. The number of hydrogen-bond acceptors (Lipinski definition) is 4. The number of amides is 2. The molecule has 1 rings (SSSR count). The Kier molecular flexibility index (Phi) is 7.76. The van der Waals surface area contributed by atoms with E-state index in [1.54, 1.807) is 0 Å². The summed E-state index contributed by atoms with van der Waals surface area (Å²) in [7, 11) is 0. The lowest BCUT2D eigenvalue weighted by Crippen LogP contribution is -2.48. The Morgan fingerprint density at radius 3 is 2.50 bits per heavy atom. The summed E-state index contributed by atoms with van der Waals surface area (Å²) < 4.78 is 0. The minimum Gasteiger partial charge on any atom is -0.480 e. The maximum absolute atomic E-state index is 11.7. The summed E-state index contributed by atoms with van der Waals surface area (Å²) in [5.74, 6) is 1.52. The van der Waals surface area contributed by atoms with Crippen LogP contribution in [0.2, 0.25) is 0 Å². The van der Waals surface area contributed by atoms with Crippen LogP contribution in [0.3, 0.4) is 0 Å². The predicted molar refractivity (Wildman–Crippen MR) is 81.2 cm³/mol. The molecule has 0 aliphatic carbocycles. The second kappa shape index (κ2) is 9.07. The van der Waals surface area contributed by atoms with Gasteiger partial charge < -0.3 is 15.7 Å². The highest BCUT2D eigenvalue weighted by atomic mass is 32.2. The first-order valence-electron chi connectivity index (χ1n) is 7.06. The van der Waals surface area contributed by atoms with Crippen LogP contribution in [-0.4, -0.2) is 65.7 Å². The van der Waals surface area contributed by atoms with Gasteiger partial charge in [0.05, 0.1) is 0 Å². The van der Waals surface area contributed by atoms with E-state index in [4.69, 9.17) is 5.11 Å². The number of carbonyl (C=O) groups excluding carboxylic acids is 1. The van der Waals surface area contributed by atoms with Crippen LogP contribution in [0.5, 0.6) is 0 Å². The standard InChI is InChI=1S/C13H25N3O3S/c1-10(2)9-11(12(17)18)15-13(19)14-3-4-16-5-7-20-8-6-16/h10-11H,3-9H2,1-2H3,(H,17,18)(H2,14,15,19)/t11-/m1/s1. The van der Waals surface area contributed by atoms with Crippen molar-refractivity contribution in [2.75, 3.05) is 37.7 Å². The molecule has 1 atom stereocenters. The van der Waals surface area contributed by atoms with Gasteiger partial charge in [-0.2, -0.15) is 11.8 Å². The molecule has 2 amide bonds. The van der Waals surface area contributed by atoms with Gasteiger partial charge in [0.1, 0.15) is 6.04 Å². The summed E-state index contributed by atoms with van der Waals surface area (Å²) in [6.45, 7) is 7.34. The molecular formula is C13H25N3O3S. The zero-order valence-electron chi connectivity index (χ0n) is 12.2. The number of hydrogen-bond donors (Lipinski definition) is 3. The molecule has 7 heteroatoms. The quantitative estimate of drug-likeness (QED) is 0.649. The molecule has 0 aromatic carbocycles. The highest BCUT2D eigenvalue weighted by molar-refractivity contribution is 7.99. The Balaban J connectivity index is 2.21. The van der Waals surface area contributed by atoms with Gasteiger partial charge >= 0.3 is 12.0 Å². The lowest BCUT2D eigenvalue weighted by Gasteiger charge is -2.26. The largest absolute Gasteiger partial charge is 0.480 e. The molecule has 0 unspecified atom stereocenters. The summed E-state index contributed by atoms with van der Waals surface area (Å²) in [6.07, 6.45) is 0.437. The molecule has 6 nitrogen and oxygen atoms in total. The fourth-order valence-electron chi connectivity index (χ4n) is 2.05. The van der Waals surface area contributed by atoms with Gasteiger partial charge in [-0.15, -0.1) is 0 Å². The molecule has 1 heterocycles. The van der Waals surface area contributed by atoms with E-state index < -0.39 is 18.0 Å². The van der Waals surface area contributed by atoms with Crippen LogP contribution in [0.1, 0.15) is 20.3 Å². The number of carbonyl (C=O) groups is 2. The van der Waals surface area contributed by atoms with Crippen molar-refractivity contribution < 1.29 is 14.7 Å². The SMILES string of the molecule is CC(C)C[C@@H](NC(=O)NCCN1CCSCC1)C(=O)O. The van der Waals surface area contributed by atoms with Crippen molar-refractivity contribution in [3.8, 4) is 0 Å². The third-order valence-corrected chi connectivity index (χ3v) is 4.07. The van der Waals surface area contributed by atoms with Gasteiger partial charge in [-0.1, -0.05) is 13.8 Å². The molecule has 3 N–H and O–H groups in total. The monoisotopic (exact) mass is 303 g/mol. The Hall–Kier alpha value is -0.950. The molecule has 0 aromatic rings. The number of aliphatic carboxylic acids is 1. The van der Waals surface area contributed by atoms with Crippen molar-refractivity contribution in [1.82, 2.24) is 15.5 Å². The number of nitrogens with zero attached hydrogens (tertiary/aromatic N) is 1.